The highest BCUT2D eigenvalue weighted by Gasteiger charge is 2.57. The van der Waals surface area contributed by atoms with Crippen LogP contribution in [0.1, 0.15) is 19.3 Å². The second-order valence-corrected chi connectivity index (χ2v) is 5.96. The third-order valence-electron chi connectivity index (χ3n) is 4.81. The topological polar surface area (TPSA) is 69.8 Å². The lowest BCUT2D eigenvalue weighted by molar-refractivity contribution is -0.118. The summed E-state index contributed by atoms with van der Waals surface area (Å²) in [6, 6.07) is 5.81. The molecule has 5 heteroatoms. The second kappa shape index (κ2) is 4.31. The van der Waals surface area contributed by atoms with E-state index in [4.69, 9.17) is 0 Å². The van der Waals surface area contributed by atoms with Gasteiger partial charge in [0.1, 0.15) is 5.52 Å². The number of hydrogen-bond acceptors (Lipinski definition) is 3. The van der Waals surface area contributed by atoms with Gasteiger partial charge in [-0.3, -0.25) is 4.79 Å². The Kier molecular flexibility index (Phi) is 2.57. The Labute approximate surface area is 117 Å². The molecule has 104 valence electrons. The third-order valence-corrected chi connectivity index (χ3v) is 4.81. The number of para-hydroxylation sites is 1. The summed E-state index contributed by atoms with van der Waals surface area (Å²) < 4.78 is 0. The first kappa shape index (κ1) is 11.9. The molecule has 2 fully saturated rings. The lowest BCUT2D eigenvalue weighted by atomic mass is 9.92. The number of imidazole rings is 1. The summed E-state index contributed by atoms with van der Waals surface area (Å²) in [7, 11) is 0. The predicted molar refractivity (Wildman–Crippen MR) is 77.4 cm³/mol. The molecule has 0 radical (unpaired) electrons. The summed E-state index contributed by atoms with van der Waals surface area (Å²) in [5.41, 5.74) is 2.87. The average molecular weight is 270 g/mol. The zero-order chi connectivity index (χ0) is 13.6. The number of benzene rings is 1. The summed E-state index contributed by atoms with van der Waals surface area (Å²) >= 11 is 0. The van der Waals surface area contributed by atoms with Crippen molar-refractivity contribution in [3.05, 3.63) is 24.5 Å². The Bertz CT molecular complexity index is 657. The minimum Gasteiger partial charge on any atom is -0.345 e. The molecule has 1 spiro atoms. The fourth-order valence-corrected chi connectivity index (χ4v) is 3.48. The molecule has 1 unspecified atom stereocenters. The Morgan fingerprint density at radius 1 is 1.35 bits per heavy atom. The highest BCUT2D eigenvalue weighted by molar-refractivity contribution is 6.01. The number of hydrogen-bond donors (Lipinski definition) is 3. The van der Waals surface area contributed by atoms with Crippen LogP contribution >= 0.6 is 0 Å². The molecule has 20 heavy (non-hydrogen) atoms. The highest BCUT2D eigenvalue weighted by atomic mass is 16.2. The van der Waals surface area contributed by atoms with Crippen molar-refractivity contribution in [1.29, 1.82) is 0 Å². The van der Waals surface area contributed by atoms with Crippen molar-refractivity contribution < 1.29 is 4.79 Å². The molecular weight excluding hydrogens is 252 g/mol. The number of carbonyl (C=O) groups excluding carboxylic acids is 1. The van der Waals surface area contributed by atoms with E-state index in [1.54, 1.807) is 6.33 Å². The molecule has 2 heterocycles. The smallest absolute Gasteiger partial charge is 0.228 e. The van der Waals surface area contributed by atoms with Gasteiger partial charge in [-0.05, 0) is 49.9 Å². The number of piperidine rings is 1. The molecule has 1 aromatic carbocycles. The normalized spacial score (nSPS) is 23.9. The monoisotopic (exact) mass is 270 g/mol. The number of H-pyrrole nitrogens is 1. The van der Waals surface area contributed by atoms with Crippen molar-refractivity contribution in [1.82, 2.24) is 15.3 Å². The fraction of sp³-hybridized carbons (Fsp3) is 0.467. The second-order valence-electron chi connectivity index (χ2n) is 5.96. The minimum absolute atomic E-state index is 0.155. The van der Waals surface area contributed by atoms with Crippen LogP contribution in [-0.2, 0) is 4.79 Å². The Balaban J connectivity index is 1.52. The lowest BCUT2D eigenvalue weighted by Crippen LogP contribution is -2.31. The Morgan fingerprint density at radius 2 is 2.20 bits per heavy atom. The van der Waals surface area contributed by atoms with E-state index in [2.05, 4.69) is 20.6 Å². The summed E-state index contributed by atoms with van der Waals surface area (Å²) in [6.45, 7) is 2.08. The number of nitrogens with zero attached hydrogens (tertiary/aromatic N) is 1. The molecule has 3 N–H and O–H groups in total. The molecule has 2 aromatic rings. The first-order valence-corrected chi connectivity index (χ1v) is 7.22. The summed E-state index contributed by atoms with van der Waals surface area (Å²) in [6.07, 6.45) is 4.94. The van der Waals surface area contributed by atoms with Gasteiger partial charge in [0.15, 0.2) is 0 Å². The maximum absolute atomic E-state index is 12.4. The van der Waals surface area contributed by atoms with Crippen LogP contribution in [0.15, 0.2) is 24.5 Å². The largest absolute Gasteiger partial charge is 0.345 e. The zero-order valence-corrected chi connectivity index (χ0v) is 11.3. The van der Waals surface area contributed by atoms with Gasteiger partial charge in [0.25, 0.3) is 0 Å². The van der Waals surface area contributed by atoms with Crippen molar-refractivity contribution in [3.8, 4) is 0 Å². The number of fused-ring (bicyclic) bond motifs is 1. The van der Waals surface area contributed by atoms with Crippen LogP contribution in [0.25, 0.3) is 11.0 Å². The van der Waals surface area contributed by atoms with Crippen LogP contribution in [0.2, 0.25) is 0 Å². The molecule has 5 nitrogen and oxygen atoms in total. The van der Waals surface area contributed by atoms with E-state index in [1.165, 1.54) is 0 Å². The van der Waals surface area contributed by atoms with E-state index < -0.39 is 0 Å². The van der Waals surface area contributed by atoms with E-state index in [9.17, 15) is 4.79 Å². The molecule has 0 bridgehead atoms. The van der Waals surface area contributed by atoms with Gasteiger partial charge in [0.2, 0.25) is 5.91 Å². The van der Waals surface area contributed by atoms with Crippen molar-refractivity contribution in [3.63, 3.8) is 0 Å². The molecule has 1 saturated carbocycles. The Morgan fingerprint density at radius 3 is 3.05 bits per heavy atom. The predicted octanol–water partition coefficient (Wildman–Crippen LogP) is 1.89. The molecular formula is C15H18N4O. The summed E-state index contributed by atoms with van der Waals surface area (Å²) in [5.74, 6) is 0.334. The van der Waals surface area contributed by atoms with Crippen molar-refractivity contribution in [2.75, 3.05) is 18.4 Å². The van der Waals surface area contributed by atoms with Gasteiger partial charge < -0.3 is 15.6 Å². The maximum atomic E-state index is 12.4. The molecule has 1 saturated heterocycles. The highest BCUT2D eigenvalue weighted by Crippen LogP contribution is 2.58. The van der Waals surface area contributed by atoms with Gasteiger partial charge in [0, 0.05) is 5.92 Å². The SMILES string of the molecule is O=C(Nc1cccc2[nH]cnc12)C1CC12CCNCC2. The lowest BCUT2D eigenvalue weighted by Gasteiger charge is -2.23. The number of nitrogens with one attached hydrogen (secondary N) is 3. The molecule has 4 rings (SSSR count). The molecule has 1 amide bonds. The van der Waals surface area contributed by atoms with E-state index in [-0.39, 0.29) is 17.2 Å². The van der Waals surface area contributed by atoms with Gasteiger partial charge in [-0.1, -0.05) is 6.07 Å². The number of aromatic nitrogens is 2. The van der Waals surface area contributed by atoms with Gasteiger partial charge in [-0.2, -0.15) is 0 Å². The number of amides is 1. The van der Waals surface area contributed by atoms with Crippen molar-refractivity contribution in [2.45, 2.75) is 19.3 Å². The van der Waals surface area contributed by atoms with Gasteiger partial charge in [0.05, 0.1) is 17.5 Å². The quantitative estimate of drug-likeness (QED) is 0.780. The molecule has 2 aliphatic rings. The fourth-order valence-electron chi connectivity index (χ4n) is 3.48. The average Bonchev–Trinajstić information content (AvgIpc) is 2.95. The van der Waals surface area contributed by atoms with Gasteiger partial charge >= 0.3 is 0 Å². The standard InChI is InChI=1S/C15H18N4O/c20-14(10-8-15(10)4-6-16-7-5-15)19-12-3-1-2-11-13(12)18-9-17-11/h1-3,9-10,16H,4-8H2,(H,17,18)(H,19,20). The number of anilines is 1. The molecule has 1 aliphatic heterocycles. The maximum Gasteiger partial charge on any atom is 0.228 e. The first-order valence-electron chi connectivity index (χ1n) is 7.22. The van der Waals surface area contributed by atoms with Crippen molar-refractivity contribution >= 4 is 22.6 Å². The minimum atomic E-state index is 0.155. The van der Waals surface area contributed by atoms with Gasteiger partial charge in [-0.25, -0.2) is 4.98 Å². The van der Waals surface area contributed by atoms with Crippen LogP contribution in [0.3, 0.4) is 0 Å². The summed E-state index contributed by atoms with van der Waals surface area (Å²) in [4.78, 5) is 19.8. The number of rotatable bonds is 2. The Hall–Kier alpha value is -1.88. The molecule has 1 aliphatic carbocycles. The van der Waals surface area contributed by atoms with Gasteiger partial charge in [-0.15, -0.1) is 0 Å². The number of aromatic amines is 1. The number of carbonyl (C=O) groups is 1. The van der Waals surface area contributed by atoms with E-state index in [1.807, 2.05) is 18.2 Å². The van der Waals surface area contributed by atoms with Crippen LogP contribution in [0.4, 0.5) is 5.69 Å². The zero-order valence-electron chi connectivity index (χ0n) is 11.3. The summed E-state index contributed by atoms with van der Waals surface area (Å²) in [5, 5.41) is 6.43. The van der Waals surface area contributed by atoms with Crippen LogP contribution in [0.5, 0.6) is 0 Å². The molecule has 1 atom stereocenters. The molecule has 1 aromatic heterocycles. The van der Waals surface area contributed by atoms with Crippen molar-refractivity contribution in [2.24, 2.45) is 11.3 Å². The van der Waals surface area contributed by atoms with Crippen LogP contribution in [0, 0.1) is 11.3 Å². The third kappa shape index (κ3) is 1.81. The van der Waals surface area contributed by atoms with E-state index >= 15 is 0 Å². The van der Waals surface area contributed by atoms with Crippen LogP contribution in [-0.4, -0.2) is 29.0 Å². The van der Waals surface area contributed by atoms with E-state index in [0.717, 1.165) is 49.1 Å². The first-order chi connectivity index (χ1) is 9.78. The van der Waals surface area contributed by atoms with E-state index in [0.29, 0.717) is 0 Å². The van der Waals surface area contributed by atoms with Crippen LogP contribution < -0.4 is 10.6 Å².